The molecule has 6 N–H and O–H groups in total. The largest absolute Gasteiger partial charge is 0.479 e. The first-order valence-electron chi connectivity index (χ1n) is 13.7. The molecule has 10 nitrogen and oxygen atoms in total. The number of carboxylic acids is 2. The van der Waals surface area contributed by atoms with Crippen LogP contribution < -0.4 is 10.6 Å². The Morgan fingerprint density at radius 1 is 0.667 bits per heavy atom. The molecule has 0 fully saturated rings. The summed E-state index contributed by atoms with van der Waals surface area (Å²) < 4.78 is 0. The van der Waals surface area contributed by atoms with E-state index in [2.05, 4.69) is 48.0 Å². The number of aliphatic carboxylic acids is 2. The fraction of sp³-hybridized carbons (Fsp3) is 0.467. The van der Waals surface area contributed by atoms with Gasteiger partial charge in [0.1, 0.15) is 0 Å². The van der Waals surface area contributed by atoms with E-state index in [1.54, 1.807) is 0 Å². The van der Waals surface area contributed by atoms with Crippen LogP contribution in [0.3, 0.4) is 0 Å². The molecule has 2 aliphatic rings. The lowest BCUT2D eigenvalue weighted by Gasteiger charge is -2.35. The number of carboxylic acid groups (broad SMARTS) is 2. The van der Waals surface area contributed by atoms with Crippen molar-refractivity contribution in [1.29, 1.82) is 0 Å². The molecule has 228 valence electrons. The number of benzene rings is 2. The normalized spacial score (nSPS) is 22.2. The number of nitrogens with one attached hydrogen (secondary N) is 2. The van der Waals surface area contributed by atoms with E-state index >= 15 is 0 Å². The van der Waals surface area contributed by atoms with E-state index < -0.39 is 35.0 Å². The summed E-state index contributed by atoms with van der Waals surface area (Å²) in [6.07, 6.45) is 0.939. The first-order valence-corrected chi connectivity index (χ1v) is 15.0. The third-order valence-corrected chi connectivity index (χ3v) is 9.30. The van der Waals surface area contributed by atoms with Crippen molar-refractivity contribution in [3.8, 4) is 0 Å². The van der Waals surface area contributed by atoms with Gasteiger partial charge in [-0.15, -0.1) is 0 Å². The molecule has 2 aliphatic carbocycles. The molecule has 0 saturated heterocycles. The summed E-state index contributed by atoms with van der Waals surface area (Å²) >= 11 is 8.65. The molecule has 12 heteroatoms. The molecular formula is C30H38N2O8S2. The Labute approximate surface area is 255 Å². The van der Waals surface area contributed by atoms with Crippen LogP contribution in [0.15, 0.2) is 48.5 Å². The zero-order chi connectivity index (χ0) is 30.9. The molecular weight excluding hydrogens is 580 g/mol. The van der Waals surface area contributed by atoms with Crippen LogP contribution in [0.1, 0.15) is 35.1 Å². The number of thiol groups is 2. The summed E-state index contributed by atoms with van der Waals surface area (Å²) in [5.41, 5.74) is 3.46. The van der Waals surface area contributed by atoms with E-state index in [4.69, 9.17) is 10.2 Å². The van der Waals surface area contributed by atoms with E-state index in [-0.39, 0.29) is 24.9 Å². The van der Waals surface area contributed by atoms with Crippen molar-refractivity contribution >= 4 is 49.0 Å². The first-order chi connectivity index (χ1) is 20.0. The molecule has 0 bridgehead atoms. The van der Waals surface area contributed by atoms with E-state index in [9.17, 15) is 29.4 Å². The van der Waals surface area contributed by atoms with Crippen molar-refractivity contribution in [2.45, 2.75) is 50.7 Å². The number of aryl methyl sites for hydroxylation is 2. The minimum atomic E-state index is -1.58. The minimum absolute atomic E-state index is 0.243. The van der Waals surface area contributed by atoms with Gasteiger partial charge in [0.15, 0.2) is 12.2 Å². The Morgan fingerprint density at radius 3 is 1.31 bits per heavy atom. The fourth-order valence-corrected chi connectivity index (χ4v) is 6.16. The van der Waals surface area contributed by atoms with Crippen molar-refractivity contribution in [3.05, 3.63) is 70.8 Å². The lowest BCUT2D eigenvalue weighted by atomic mass is 9.72. The average molecular weight is 619 g/mol. The number of carbonyl (C=O) groups excluding carboxylic acids is 2. The second-order valence-electron chi connectivity index (χ2n) is 10.9. The highest BCUT2D eigenvalue weighted by Crippen LogP contribution is 2.38. The SMILES string of the molecule is O=C(O)C(O)CNC(=O)C1(CS)CCc2ccccc2C1.O=C(O)C(O)CNC(=O)C1(CS)CCc2ccccc2C1. The van der Waals surface area contributed by atoms with Gasteiger partial charge in [-0.3, -0.25) is 9.59 Å². The van der Waals surface area contributed by atoms with Crippen molar-refractivity contribution in [1.82, 2.24) is 10.6 Å². The molecule has 0 aliphatic heterocycles. The van der Waals surface area contributed by atoms with Crippen LogP contribution >= 0.6 is 25.3 Å². The maximum Gasteiger partial charge on any atom is 0.334 e. The zero-order valence-electron chi connectivity index (χ0n) is 23.2. The van der Waals surface area contributed by atoms with E-state index in [0.717, 1.165) is 24.0 Å². The van der Waals surface area contributed by atoms with Gasteiger partial charge in [0.25, 0.3) is 0 Å². The lowest BCUT2D eigenvalue weighted by Crippen LogP contribution is -2.48. The smallest absolute Gasteiger partial charge is 0.334 e. The quantitative estimate of drug-likeness (QED) is 0.184. The van der Waals surface area contributed by atoms with E-state index in [0.29, 0.717) is 37.2 Å². The molecule has 0 heterocycles. The summed E-state index contributed by atoms with van der Waals surface area (Å²) in [6, 6.07) is 16.0. The monoisotopic (exact) mass is 618 g/mol. The molecule has 2 aromatic carbocycles. The van der Waals surface area contributed by atoms with Crippen LogP contribution in [-0.4, -0.2) is 81.0 Å². The number of fused-ring (bicyclic) bond motifs is 2. The molecule has 2 amide bonds. The predicted octanol–water partition coefficient (Wildman–Crippen LogP) is 1.31. The summed E-state index contributed by atoms with van der Waals surface area (Å²) in [5.74, 6) is -2.40. The van der Waals surface area contributed by atoms with Gasteiger partial charge in [-0.25, -0.2) is 9.59 Å². The van der Waals surface area contributed by atoms with Gasteiger partial charge in [0, 0.05) is 11.5 Å². The van der Waals surface area contributed by atoms with Crippen molar-refractivity contribution < 1.29 is 39.6 Å². The van der Waals surface area contributed by atoms with Crippen molar-refractivity contribution in [3.63, 3.8) is 0 Å². The van der Waals surface area contributed by atoms with Crippen LogP contribution in [0, 0.1) is 10.8 Å². The molecule has 4 unspecified atom stereocenters. The number of hydrogen-bond donors (Lipinski definition) is 8. The highest BCUT2D eigenvalue weighted by atomic mass is 32.1. The lowest BCUT2D eigenvalue weighted by molar-refractivity contribution is -0.147. The molecule has 4 atom stereocenters. The Balaban J connectivity index is 0.000000230. The van der Waals surface area contributed by atoms with Gasteiger partial charge in [-0.1, -0.05) is 48.5 Å². The second-order valence-corrected chi connectivity index (χ2v) is 11.5. The second kappa shape index (κ2) is 14.9. The highest BCUT2D eigenvalue weighted by Gasteiger charge is 2.41. The molecule has 0 aromatic heterocycles. The summed E-state index contributed by atoms with van der Waals surface area (Å²) in [6.45, 7) is -0.573. The summed E-state index contributed by atoms with van der Waals surface area (Å²) in [4.78, 5) is 46.0. The maximum absolute atomic E-state index is 12.4. The van der Waals surface area contributed by atoms with Crippen molar-refractivity contribution in [2.24, 2.45) is 10.8 Å². The van der Waals surface area contributed by atoms with Gasteiger partial charge in [-0.05, 0) is 60.8 Å². The van der Waals surface area contributed by atoms with Gasteiger partial charge < -0.3 is 31.1 Å². The molecule has 42 heavy (non-hydrogen) atoms. The van der Waals surface area contributed by atoms with Crippen LogP contribution in [0.25, 0.3) is 0 Å². The van der Waals surface area contributed by atoms with Gasteiger partial charge in [0.2, 0.25) is 11.8 Å². The highest BCUT2D eigenvalue weighted by molar-refractivity contribution is 7.80. The zero-order valence-corrected chi connectivity index (χ0v) is 24.9. The number of carbonyl (C=O) groups is 4. The molecule has 0 spiro atoms. The Morgan fingerprint density at radius 2 is 1.00 bits per heavy atom. The van der Waals surface area contributed by atoms with Gasteiger partial charge in [-0.2, -0.15) is 25.3 Å². The van der Waals surface area contributed by atoms with Crippen LogP contribution in [0.2, 0.25) is 0 Å². The standard InChI is InChI=1S/2C15H19NO4S/c2*17-12(13(18)19)8-16-14(20)15(9-21)6-5-10-3-1-2-4-11(10)7-15/h2*1-4,12,17,21H,5-9H2,(H,16,20)(H,18,19). The maximum atomic E-state index is 12.4. The molecule has 0 radical (unpaired) electrons. The summed E-state index contributed by atoms with van der Waals surface area (Å²) in [7, 11) is 0. The topological polar surface area (TPSA) is 173 Å². The van der Waals surface area contributed by atoms with Crippen molar-refractivity contribution in [2.75, 3.05) is 24.6 Å². The predicted molar refractivity (Wildman–Crippen MR) is 163 cm³/mol. The Bertz CT molecular complexity index is 1190. The number of hydrogen-bond acceptors (Lipinski definition) is 8. The van der Waals surface area contributed by atoms with Crippen LogP contribution in [0.4, 0.5) is 0 Å². The minimum Gasteiger partial charge on any atom is -0.479 e. The van der Waals surface area contributed by atoms with E-state index in [1.807, 2.05) is 36.4 Å². The average Bonchev–Trinajstić information content (AvgIpc) is 3.01. The fourth-order valence-electron chi connectivity index (χ4n) is 5.33. The third kappa shape index (κ3) is 8.06. The summed E-state index contributed by atoms with van der Waals surface area (Å²) in [5, 5.41) is 40.9. The number of amides is 2. The number of rotatable bonds is 10. The van der Waals surface area contributed by atoms with Gasteiger partial charge >= 0.3 is 11.9 Å². The molecule has 0 saturated carbocycles. The van der Waals surface area contributed by atoms with Crippen LogP contribution in [-0.2, 0) is 44.9 Å². The number of aliphatic hydroxyl groups is 2. The molecule has 4 rings (SSSR count). The number of aliphatic hydroxyl groups excluding tert-OH is 2. The third-order valence-electron chi connectivity index (χ3n) is 8.09. The van der Waals surface area contributed by atoms with Gasteiger partial charge in [0.05, 0.1) is 23.9 Å². The van der Waals surface area contributed by atoms with E-state index in [1.165, 1.54) is 11.1 Å². The Kier molecular flexibility index (Phi) is 11.9. The van der Waals surface area contributed by atoms with Crippen LogP contribution in [0.5, 0.6) is 0 Å². The first kappa shape index (κ1) is 33.4. The Hall–Kier alpha value is -3.06. The molecule has 2 aromatic rings.